The molecule has 0 aliphatic rings. The largest absolute Gasteiger partial charge is 0.366 e. The van der Waals surface area contributed by atoms with Gasteiger partial charge in [0.2, 0.25) is 0 Å². The minimum absolute atomic E-state index is 0.249. The number of aryl methyl sites for hydroxylation is 1. The fraction of sp³-hybridized carbons (Fsp3) is 0.316. The monoisotopic (exact) mass is 347 g/mol. The lowest BCUT2D eigenvalue weighted by Gasteiger charge is -2.26. The average Bonchev–Trinajstić information content (AvgIpc) is 2.58. The Balaban J connectivity index is 2.42. The van der Waals surface area contributed by atoms with Gasteiger partial charge in [-0.3, -0.25) is 0 Å². The molecule has 5 heteroatoms. The second-order valence-electron chi connectivity index (χ2n) is 5.60. The summed E-state index contributed by atoms with van der Waals surface area (Å²) < 4.78 is 14.2. The summed E-state index contributed by atoms with van der Waals surface area (Å²) in [6.07, 6.45) is 1.76. The van der Waals surface area contributed by atoms with Gasteiger partial charge in [0.15, 0.2) is 0 Å². The van der Waals surface area contributed by atoms with Crippen molar-refractivity contribution >= 4 is 35.0 Å². The highest BCUT2D eigenvalue weighted by atomic mass is 35.5. The number of nitrogens with zero attached hydrogens (tertiary/aromatic N) is 3. The molecule has 0 radical (unpaired) electrons. The molecule has 0 bridgehead atoms. The number of halogens is 2. The third-order valence-corrected chi connectivity index (χ3v) is 4.21. The van der Waals surface area contributed by atoms with Gasteiger partial charge >= 0.3 is 0 Å². The zero-order valence-electron chi connectivity index (χ0n) is 14.6. The quantitative estimate of drug-likeness (QED) is 0.503. The van der Waals surface area contributed by atoms with Crippen LogP contribution in [0.4, 0.5) is 21.5 Å². The molecule has 0 aliphatic carbocycles. The molecule has 0 aliphatic heterocycles. The van der Waals surface area contributed by atoms with E-state index < -0.39 is 0 Å². The van der Waals surface area contributed by atoms with Crippen LogP contribution in [-0.4, -0.2) is 31.4 Å². The van der Waals surface area contributed by atoms with Crippen molar-refractivity contribution in [1.82, 2.24) is 4.90 Å². The predicted octanol–water partition coefficient (Wildman–Crippen LogP) is 5.56. The lowest BCUT2D eigenvalue weighted by Crippen LogP contribution is -2.18. The Morgan fingerprint density at radius 3 is 2.46 bits per heavy atom. The molecule has 3 nitrogen and oxygen atoms in total. The lowest BCUT2D eigenvalue weighted by atomic mass is 10.1. The summed E-state index contributed by atoms with van der Waals surface area (Å²) in [7, 11) is 1.95. The Kier molecular flexibility index (Phi) is 6.21. The molecule has 24 heavy (non-hydrogen) atoms. The zero-order valence-corrected chi connectivity index (χ0v) is 15.3. The van der Waals surface area contributed by atoms with Crippen molar-refractivity contribution in [3.63, 3.8) is 0 Å². The van der Waals surface area contributed by atoms with Crippen LogP contribution in [0.15, 0.2) is 41.4 Å². The van der Waals surface area contributed by atoms with Crippen molar-refractivity contribution in [2.45, 2.75) is 20.8 Å². The van der Waals surface area contributed by atoms with Crippen molar-refractivity contribution < 1.29 is 4.39 Å². The molecule has 0 unspecified atom stereocenters. The molecule has 2 rings (SSSR count). The average molecular weight is 348 g/mol. The second-order valence-corrected chi connectivity index (χ2v) is 6.01. The van der Waals surface area contributed by atoms with E-state index in [1.807, 2.05) is 48.9 Å². The zero-order chi connectivity index (χ0) is 17.7. The van der Waals surface area contributed by atoms with E-state index in [-0.39, 0.29) is 5.82 Å². The van der Waals surface area contributed by atoms with Gasteiger partial charge < -0.3 is 9.80 Å². The van der Waals surface area contributed by atoms with Crippen LogP contribution >= 0.6 is 11.6 Å². The van der Waals surface area contributed by atoms with Crippen LogP contribution in [0.2, 0.25) is 5.02 Å². The van der Waals surface area contributed by atoms with Gasteiger partial charge in [-0.05, 0) is 50.6 Å². The third-order valence-electron chi connectivity index (χ3n) is 3.91. The number of benzene rings is 2. The van der Waals surface area contributed by atoms with Crippen molar-refractivity contribution in [2.75, 3.05) is 25.0 Å². The Bertz CT molecular complexity index is 731. The highest BCUT2D eigenvalue weighted by molar-refractivity contribution is 6.33. The molecular formula is C19H23ClFN3. The van der Waals surface area contributed by atoms with Crippen LogP contribution in [-0.2, 0) is 0 Å². The third kappa shape index (κ3) is 4.06. The van der Waals surface area contributed by atoms with E-state index in [1.54, 1.807) is 18.5 Å². The maximum absolute atomic E-state index is 14.2. The van der Waals surface area contributed by atoms with Crippen molar-refractivity contribution in [3.8, 4) is 0 Å². The van der Waals surface area contributed by atoms with Crippen LogP contribution in [0.3, 0.4) is 0 Å². The maximum Gasteiger partial charge on any atom is 0.146 e. The van der Waals surface area contributed by atoms with Crippen molar-refractivity contribution in [3.05, 3.63) is 52.8 Å². The molecule has 0 saturated carbocycles. The van der Waals surface area contributed by atoms with Gasteiger partial charge in [-0.15, -0.1) is 0 Å². The van der Waals surface area contributed by atoms with Crippen LogP contribution in [0, 0.1) is 12.7 Å². The van der Waals surface area contributed by atoms with E-state index in [1.165, 1.54) is 6.07 Å². The lowest BCUT2D eigenvalue weighted by molar-refractivity contribution is 0.552. The van der Waals surface area contributed by atoms with Gasteiger partial charge in [0, 0.05) is 25.8 Å². The first-order valence-corrected chi connectivity index (χ1v) is 8.42. The molecule has 128 valence electrons. The van der Waals surface area contributed by atoms with E-state index in [2.05, 4.69) is 11.9 Å². The molecule has 0 N–H and O–H groups in total. The molecular weight excluding hydrogens is 325 g/mol. The molecule has 0 fully saturated rings. The van der Waals surface area contributed by atoms with E-state index in [9.17, 15) is 4.39 Å². The summed E-state index contributed by atoms with van der Waals surface area (Å²) in [4.78, 5) is 8.32. The van der Waals surface area contributed by atoms with Gasteiger partial charge in [-0.25, -0.2) is 9.38 Å². The van der Waals surface area contributed by atoms with Crippen molar-refractivity contribution in [1.29, 1.82) is 0 Å². The minimum Gasteiger partial charge on any atom is -0.366 e. The topological polar surface area (TPSA) is 18.8 Å². The second kappa shape index (κ2) is 8.15. The molecule has 0 heterocycles. The smallest absolute Gasteiger partial charge is 0.146 e. The minimum atomic E-state index is -0.249. The number of para-hydroxylation sites is 1. The van der Waals surface area contributed by atoms with Gasteiger partial charge in [0.25, 0.3) is 0 Å². The van der Waals surface area contributed by atoms with E-state index >= 15 is 0 Å². The Labute approximate surface area is 148 Å². The number of hydrogen-bond donors (Lipinski definition) is 0. The Hall–Kier alpha value is -2.07. The highest BCUT2D eigenvalue weighted by Crippen LogP contribution is 2.36. The van der Waals surface area contributed by atoms with E-state index in [4.69, 9.17) is 11.6 Å². The highest BCUT2D eigenvalue weighted by Gasteiger charge is 2.15. The van der Waals surface area contributed by atoms with Gasteiger partial charge in [-0.2, -0.15) is 0 Å². The molecule has 0 spiro atoms. The summed E-state index contributed by atoms with van der Waals surface area (Å²) in [5.41, 5.74) is 3.13. The molecule has 0 atom stereocenters. The standard InChI is InChI=1S/C19H23ClFN3/c1-5-23(4)13-22-17-11-14(3)19(12-15(17)20)24(6-2)18-10-8-7-9-16(18)21/h7-13H,5-6H2,1-4H3. The molecule has 0 saturated heterocycles. The van der Waals surface area contributed by atoms with Gasteiger partial charge in [0.05, 0.1) is 22.7 Å². The fourth-order valence-corrected chi connectivity index (χ4v) is 2.64. The fourth-order valence-electron chi connectivity index (χ4n) is 2.43. The van der Waals surface area contributed by atoms with Crippen LogP contribution in [0.5, 0.6) is 0 Å². The number of rotatable bonds is 6. The number of aliphatic imine (C=N–C) groups is 1. The molecule has 2 aromatic rings. The molecule has 2 aromatic carbocycles. The summed E-state index contributed by atoms with van der Waals surface area (Å²) in [5.74, 6) is -0.249. The van der Waals surface area contributed by atoms with E-state index in [0.29, 0.717) is 22.9 Å². The van der Waals surface area contributed by atoms with Gasteiger partial charge in [-0.1, -0.05) is 23.7 Å². The first-order valence-electron chi connectivity index (χ1n) is 8.04. The number of hydrogen-bond acceptors (Lipinski definition) is 2. The summed E-state index contributed by atoms with van der Waals surface area (Å²) in [5, 5.41) is 0.547. The summed E-state index contributed by atoms with van der Waals surface area (Å²) in [6, 6.07) is 10.5. The van der Waals surface area contributed by atoms with Gasteiger partial charge in [0.1, 0.15) is 5.82 Å². The van der Waals surface area contributed by atoms with Crippen LogP contribution in [0.25, 0.3) is 0 Å². The maximum atomic E-state index is 14.2. The first kappa shape index (κ1) is 18.3. The predicted molar refractivity (Wildman–Crippen MR) is 102 cm³/mol. The van der Waals surface area contributed by atoms with E-state index in [0.717, 1.165) is 17.8 Å². The normalized spacial score (nSPS) is 11.1. The SMILES string of the molecule is CCN(C)C=Nc1cc(C)c(N(CC)c2ccccc2F)cc1Cl. The number of anilines is 2. The first-order chi connectivity index (χ1) is 11.5. The Morgan fingerprint density at radius 2 is 1.83 bits per heavy atom. The summed E-state index contributed by atoms with van der Waals surface area (Å²) in [6.45, 7) is 7.53. The van der Waals surface area contributed by atoms with Crippen LogP contribution in [0.1, 0.15) is 19.4 Å². The van der Waals surface area contributed by atoms with Crippen molar-refractivity contribution in [2.24, 2.45) is 4.99 Å². The Morgan fingerprint density at radius 1 is 1.12 bits per heavy atom. The van der Waals surface area contributed by atoms with Crippen LogP contribution < -0.4 is 4.90 Å². The molecule has 0 aromatic heterocycles. The summed E-state index contributed by atoms with van der Waals surface area (Å²) >= 11 is 6.40. The molecule has 0 amide bonds.